The number of hydrogen-bond acceptors (Lipinski definition) is 4. The molecule has 0 amide bonds. The third-order valence-electron chi connectivity index (χ3n) is 8.88. The lowest BCUT2D eigenvalue weighted by atomic mass is 9.46. The van der Waals surface area contributed by atoms with Gasteiger partial charge in [-0.2, -0.15) is 0 Å². The zero-order chi connectivity index (χ0) is 20.3. The molecule has 2 aliphatic heterocycles. The third-order valence-corrected chi connectivity index (χ3v) is 8.88. The van der Waals surface area contributed by atoms with Crippen LogP contribution in [0.2, 0.25) is 0 Å². The van der Waals surface area contributed by atoms with E-state index in [0.29, 0.717) is 29.5 Å². The predicted octanol–water partition coefficient (Wildman–Crippen LogP) is 5.73. The summed E-state index contributed by atoms with van der Waals surface area (Å²) in [6.07, 6.45) is 12.0. The van der Waals surface area contributed by atoms with E-state index in [9.17, 15) is 4.79 Å². The molecular formula is C26H35NO3. The molecule has 0 unspecified atom stereocenters. The predicted molar refractivity (Wildman–Crippen MR) is 116 cm³/mol. The van der Waals surface area contributed by atoms with Crippen molar-refractivity contribution >= 4 is 11.7 Å². The summed E-state index contributed by atoms with van der Waals surface area (Å²) < 4.78 is 11.8. The number of fused-ring (bicyclic) bond motifs is 3. The number of nitrogens with one attached hydrogen (secondary N) is 1. The Morgan fingerprint density at radius 3 is 2.60 bits per heavy atom. The molecule has 1 aromatic rings. The molecule has 3 atom stereocenters. The lowest BCUT2D eigenvalue weighted by Crippen LogP contribution is -2.58. The highest BCUT2D eigenvalue weighted by molar-refractivity contribution is 5.90. The summed E-state index contributed by atoms with van der Waals surface area (Å²) in [6.45, 7) is 3.33. The fraction of sp³-hybridized carbons (Fsp3) is 0.731. The molecule has 0 spiro atoms. The molecule has 4 nitrogen and oxygen atoms in total. The Hall–Kier alpha value is -1.55. The molecule has 4 aliphatic carbocycles. The number of benzene rings is 1. The standard InChI is InChI=1S/C26H35NO3/c1-2-7-30-25(28)19-5-6-22-21(12-19)23-20(4-3-8-29-23)24(27-22)26-13-16-9-17(14-26)11-18(10-16)15-26/h5-6,12,16-18,20,23-24,27H,2-4,7-11,13-15H2,1H3/t16?,17?,18?,20-,23+,24+,26?/m1/s1. The molecule has 6 aliphatic rings. The van der Waals surface area contributed by atoms with Gasteiger partial charge in [0.1, 0.15) is 0 Å². The number of hydrogen-bond donors (Lipinski definition) is 1. The largest absolute Gasteiger partial charge is 0.462 e. The Balaban J connectivity index is 1.34. The SMILES string of the molecule is CCCOC(=O)c1ccc2c(c1)[C@H]1OCCC[C@H]1[C@@H](C13CC4CC(CC(C4)C1)C3)N2. The van der Waals surface area contributed by atoms with Gasteiger partial charge in [-0.25, -0.2) is 4.79 Å². The molecule has 0 aromatic heterocycles. The number of carbonyl (C=O) groups excluding carboxylic acids is 1. The van der Waals surface area contributed by atoms with Crippen molar-refractivity contribution in [2.75, 3.05) is 18.5 Å². The first-order chi connectivity index (χ1) is 14.6. The molecule has 4 heteroatoms. The van der Waals surface area contributed by atoms with Gasteiger partial charge in [-0.3, -0.25) is 0 Å². The van der Waals surface area contributed by atoms with Crippen molar-refractivity contribution in [1.82, 2.24) is 0 Å². The molecule has 1 aromatic carbocycles. The van der Waals surface area contributed by atoms with Gasteiger partial charge in [0.25, 0.3) is 0 Å². The van der Waals surface area contributed by atoms with Crippen molar-refractivity contribution in [3.8, 4) is 0 Å². The Morgan fingerprint density at radius 2 is 1.90 bits per heavy atom. The highest BCUT2D eigenvalue weighted by Gasteiger charge is 2.58. The van der Waals surface area contributed by atoms with Crippen LogP contribution in [-0.2, 0) is 9.47 Å². The van der Waals surface area contributed by atoms with E-state index in [1.54, 1.807) is 0 Å². The van der Waals surface area contributed by atoms with Gasteiger partial charge in [-0.05, 0) is 99.2 Å². The zero-order valence-electron chi connectivity index (χ0n) is 18.2. The van der Waals surface area contributed by atoms with E-state index in [-0.39, 0.29) is 12.1 Å². The van der Waals surface area contributed by atoms with Gasteiger partial charge < -0.3 is 14.8 Å². The second-order valence-electron chi connectivity index (χ2n) is 10.9. The molecular weight excluding hydrogens is 374 g/mol. The molecule has 7 rings (SSSR count). The molecule has 5 fully saturated rings. The van der Waals surface area contributed by atoms with Crippen LogP contribution in [0, 0.1) is 29.1 Å². The molecule has 4 bridgehead atoms. The molecule has 1 N–H and O–H groups in total. The summed E-state index contributed by atoms with van der Waals surface area (Å²) in [4.78, 5) is 12.5. The van der Waals surface area contributed by atoms with Crippen molar-refractivity contribution in [3.05, 3.63) is 29.3 Å². The average Bonchev–Trinajstić information content (AvgIpc) is 2.75. The van der Waals surface area contributed by atoms with Gasteiger partial charge >= 0.3 is 5.97 Å². The van der Waals surface area contributed by atoms with Crippen molar-refractivity contribution in [3.63, 3.8) is 0 Å². The van der Waals surface area contributed by atoms with Crippen LogP contribution in [0.1, 0.15) is 86.7 Å². The van der Waals surface area contributed by atoms with E-state index in [2.05, 4.69) is 11.4 Å². The van der Waals surface area contributed by atoms with Crippen molar-refractivity contribution in [2.45, 2.75) is 76.9 Å². The van der Waals surface area contributed by atoms with Crippen LogP contribution in [0.5, 0.6) is 0 Å². The van der Waals surface area contributed by atoms with Crippen LogP contribution in [0.25, 0.3) is 0 Å². The summed E-state index contributed by atoms with van der Waals surface area (Å²) in [5.41, 5.74) is 3.47. The smallest absolute Gasteiger partial charge is 0.338 e. The topological polar surface area (TPSA) is 47.6 Å². The highest BCUT2D eigenvalue weighted by Crippen LogP contribution is 2.64. The normalized spacial score (nSPS) is 41.0. The lowest BCUT2D eigenvalue weighted by Gasteiger charge is -2.62. The van der Waals surface area contributed by atoms with E-state index in [0.717, 1.165) is 37.2 Å². The first-order valence-corrected chi connectivity index (χ1v) is 12.3. The second-order valence-corrected chi connectivity index (χ2v) is 10.9. The van der Waals surface area contributed by atoms with E-state index in [1.807, 2.05) is 19.1 Å². The van der Waals surface area contributed by atoms with Crippen LogP contribution in [0.3, 0.4) is 0 Å². The van der Waals surface area contributed by atoms with Gasteiger partial charge in [0.2, 0.25) is 0 Å². The van der Waals surface area contributed by atoms with Crippen LogP contribution >= 0.6 is 0 Å². The maximum atomic E-state index is 12.5. The Bertz CT molecular complexity index is 798. The maximum absolute atomic E-state index is 12.5. The van der Waals surface area contributed by atoms with Crippen LogP contribution < -0.4 is 5.32 Å². The fourth-order valence-corrected chi connectivity index (χ4v) is 8.24. The van der Waals surface area contributed by atoms with Gasteiger partial charge in [-0.15, -0.1) is 0 Å². The summed E-state index contributed by atoms with van der Waals surface area (Å²) in [5.74, 6) is 3.17. The van der Waals surface area contributed by atoms with Crippen molar-refractivity contribution in [1.29, 1.82) is 0 Å². The molecule has 0 radical (unpaired) electrons. The van der Waals surface area contributed by atoms with Gasteiger partial charge in [0, 0.05) is 29.8 Å². The minimum Gasteiger partial charge on any atom is -0.462 e. The quantitative estimate of drug-likeness (QED) is 0.645. The van der Waals surface area contributed by atoms with Crippen molar-refractivity contribution in [2.24, 2.45) is 29.1 Å². The highest BCUT2D eigenvalue weighted by atomic mass is 16.5. The third kappa shape index (κ3) is 3.01. The molecule has 4 saturated carbocycles. The molecule has 1 saturated heterocycles. The number of esters is 1. The van der Waals surface area contributed by atoms with E-state index < -0.39 is 0 Å². The first-order valence-electron chi connectivity index (χ1n) is 12.3. The number of anilines is 1. The number of ether oxygens (including phenoxy) is 2. The minimum atomic E-state index is -0.213. The summed E-state index contributed by atoms with van der Waals surface area (Å²) in [7, 11) is 0. The molecule has 30 heavy (non-hydrogen) atoms. The lowest BCUT2D eigenvalue weighted by molar-refractivity contribution is -0.108. The minimum absolute atomic E-state index is 0.118. The molecule has 162 valence electrons. The number of rotatable bonds is 4. The Labute approximate surface area is 180 Å². The van der Waals surface area contributed by atoms with Gasteiger partial charge in [-0.1, -0.05) is 6.92 Å². The van der Waals surface area contributed by atoms with Crippen molar-refractivity contribution < 1.29 is 14.3 Å². The summed E-state index contributed by atoms with van der Waals surface area (Å²) in [6, 6.07) is 6.60. The number of carbonyl (C=O) groups is 1. The van der Waals surface area contributed by atoms with Crippen LogP contribution in [-0.4, -0.2) is 25.2 Å². The van der Waals surface area contributed by atoms with Gasteiger partial charge in [0.15, 0.2) is 0 Å². The average molecular weight is 410 g/mol. The molecule has 2 heterocycles. The Kier molecular flexibility index (Phi) is 4.63. The van der Waals surface area contributed by atoms with Gasteiger partial charge in [0.05, 0.1) is 18.3 Å². The maximum Gasteiger partial charge on any atom is 0.338 e. The van der Waals surface area contributed by atoms with E-state index in [1.165, 1.54) is 56.2 Å². The van der Waals surface area contributed by atoms with E-state index >= 15 is 0 Å². The zero-order valence-corrected chi connectivity index (χ0v) is 18.2. The Morgan fingerprint density at radius 1 is 1.17 bits per heavy atom. The second kappa shape index (κ2) is 7.25. The van der Waals surface area contributed by atoms with Crippen LogP contribution in [0.15, 0.2) is 18.2 Å². The van der Waals surface area contributed by atoms with E-state index in [4.69, 9.17) is 9.47 Å². The summed E-state index contributed by atoms with van der Waals surface area (Å²) >= 11 is 0. The fourth-order valence-electron chi connectivity index (χ4n) is 8.24. The monoisotopic (exact) mass is 409 g/mol. The van der Waals surface area contributed by atoms with Crippen LogP contribution in [0.4, 0.5) is 5.69 Å². The first kappa shape index (κ1) is 19.2. The summed E-state index contributed by atoms with van der Waals surface area (Å²) in [5, 5.41) is 4.03.